The summed E-state index contributed by atoms with van der Waals surface area (Å²) < 4.78 is 65.2. The van der Waals surface area contributed by atoms with E-state index in [1.807, 2.05) is 0 Å². The number of rotatable bonds is 4. The van der Waals surface area contributed by atoms with Crippen LogP contribution in [0.4, 0.5) is 13.2 Å². The van der Waals surface area contributed by atoms with Gasteiger partial charge in [-0.1, -0.05) is 17.7 Å². The Morgan fingerprint density at radius 1 is 1.23 bits per heavy atom. The Labute approximate surface area is 130 Å². The molecule has 0 saturated carbocycles. The minimum Gasteiger partial charge on any atom is -0.264 e. The summed E-state index contributed by atoms with van der Waals surface area (Å²) in [6.45, 7) is -0.171. The molecule has 2 aromatic rings. The molecule has 0 aliphatic rings. The monoisotopic (exact) mass is 350 g/mol. The molecule has 0 atom stereocenters. The van der Waals surface area contributed by atoms with Gasteiger partial charge >= 0.3 is 6.18 Å². The second-order valence-corrected chi connectivity index (χ2v) is 6.50. The first-order valence-electron chi connectivity index (χ1n) is 5.95. The molecule has 0 spiro atoms. The van der Waals surface area contributed by atoms with Gasteiger partial charge in [0.05, 0.1) is 10.5 Å². The van der Waals surface area contributed by atoms with E-state index in [1.54, 1.807) is 12.1 Å². The fourth-order valence-corrected chi connectivity index (χ4v) is 3.11. The maximum atomic E-state index is 13.0. The molecule has 1 aromatic carbocycles. The van der Waals surface area contributed by atoms with E-state index in [0.29, 0.717) is 11.6 Å². The number of pyridine rings is 1. The number of benzene rings is 1. The second-order valence-electron chi connectivity index (χ2n) is 4.32. The van der Waals surface area contributed by atoms with Gasteiger partial charge in [-0.25, -0.2) is 13.1 Å². The van der Waals surface area contributed by atoms with E-state index in [9.17, 15) is 21.6 Å². The lowest BCUT2D eigenvalue weighted by Crippen LogP contribution is -2.26. The molecule has 9 heteroatoms. The molecule has 4 nitrogen and oxygen atoms in total. The summed E-state index contributed by atoms with van der Waals surface area (Å²) in [5, 5.41) is -0.196. The molecule has 1 N–H and O–H groups in total. The SMILES string of the molecule is O=S(=O)(NCc1cccnc1)c1ccc(Cl)cc1C(F)(F)F. The summed E-state index contributed by atoms with van der Waals surface area (Å²) in [6.07, 6.45) is -1.92. The number of hydrogen-bond donors (Lipinski definition) is 1. The van der Waals surface area contributed by atoms with Crippen LogP contribution in [-0.2, 0) is 22.7 Å². The third-order valence-electron chi connectivity index (χ3n) is 2.73. The van der Waals surface area contributed by atoms with Crippen molar-refractivity contribution in [2.24, 2.45) is 0 Å². The zero-order valence-corrected chi connectivity index (χ0v) is 12.5. The van der Waals surface area contributed by atoms with Crippen LogP contribution in [-0.4, -0.2) is 13.4 Å². The highest BCUT2D eigenvalue weighted by atomic mass is 35.5. The van der Waals surface area contributed by atoms with Gasteiger partial charge in [-0.2, -0.15) is 13.2 Å². The van der Waals surface area contributed by atoms with E-state index in [1.165, 1.54) is 12.4 Å². The number of hydrogen-bond acceptors (Lipinski definition) is 3. The van der Waals surface area contributed by atoms with Crippen LogP contribution in [0, 0.1) is 0 Å². The van der Waals surface area contributed by atoms with Crippen LogP contribution in [0.15, 0.2) is 47.6 Å². The van der Waals surface area contributed by atoms with Crippen LogP contribution in [0.3, 0.4) is 0 Å². The molecule has 0 amide bonds. The topological polar surface area (TPSA) is 59.1 Å². The molecule has 2 rings (SSSR count). The Morgan fingerprint density at radius 2 is 1.95 bits per heavy atom. The quantitative estimate of drug-likeness (QED) is 0.921. The molecule has 0 fully saturated rings. The summed E-state index contributed by atoms with van der Waals surface area (Å²) in [5.41, 5.74) is -0.785. The van der Waals surface area contributed by atoms with Gasteiger partial charge in [-0.05, 0) is 29.8 Å². The molecule has 0 bridgehead atoms. The average Bonchev–Trinajstić information content (AvgIpc) is 2.45. The number of aromatic nitrogens is 1. The molecule has 1 aromatic heterocycles. The van der Waals surface area contributed by atoms with Crippen LogP contribution in [0.1, 0.15) is 11.1 Å². The normalized spacial score (nSPS) is 12.4. The van der Waals surface area contributed by atoms with Crippen molar-refractivity contribution in [2.45, 2.75) is 17.6 Å². The largest absolute Gasteiger partial charge is 0.417 e. The maximum absolute atomic E-state index is 13.0. The van der Waals surface area contributed by atoms with E-state index in [-0.39, 0.29) is 11.6 Å². The van der Waals surface area contributed by atoms with E-state index in [4.69, 9.17) is 11.6 Å². The van der Waals surface area contributed by atoms with Crippen LogP contribution < -0.4 is 4.72 Å². The van der Waals surface area contributed by atoms with Crippen LogP contribution in [0.2, 0.25) is 5.02 Å². The van der Waals surface area contributed by atoms with E-state index >= 15 is 0 Å². The molecule has 22 heavy (non-hydrogen) atoms. The molecular formula is C13H10ClF3N2O2S. The maximum Gasteiger partial charge on any atom is 0.417 e. The molecule has 118 valence electrons. The smallest absolute Gasteiger partial charge is 0.264 e. The summed E-state index contributed by atoms with van der Waals surface area (Å²) in [4.78, 5) is 2.93. The average molecular weight is 351 g/mol. The first-order valence-corrected chi connectivity index (χ1v) is 7.81. The minimum atomic E-state index is -4.83. The predicted octanol–water partition coefficient (Wildman–Crippen LogP) is 3.23. The van der Waals surface area contributed by atoms with Crippen molar-refractivity contribution in [3.8, 4) is 0 Å². The predicted molar refractivity (Wildman–Crippen MR) is 74.7 cm³/mol. The highest BCUT2D eigenvalue weighted by Crippen LogP contribution is 2.35. The summed E-state index contributed by atoms with van der Waals surface area (Å²) >= 11 is 5.52. The Morgan fingerprint density at radius 3 is 2.55 bits per heavy atom. The first-order chi connectivity index (χ1) is 10.2. The highest BCUT2D eigenvalue weighted by Gasteiger charge is 2.37. The van der Waals surface area contributed by atoms with Gasteiger partial charge in [-0.15, -0.1) is 0 Å². The Bertz CT molecular complexity index is 765. The van der Waals surface area contributed by atoms with Crippen molar-refractivity contribution in [3.63, 3.8) is 0 Å². The van der Waals surface area contributed by atoms with Gasteiger partial charge in [0.1, 0.15) is 0 Å². The van der Waals surface area contributed by atoms with Crippen molar-refractivity contribution >= 4 is 21.6 Å². The Hall–Kier alpha value is -1.64. The van der Waals surface area contributed by atoms with Gasteiger partial charge in [0.25, 0.3) is 0 Å². The summed E-state index contributed by atoms with van der Waals surface area (Å²) in [6, 6.07) is 5.70. The lowest BCUT2D eigenvalue weighted by molar-refractivity contribution is -0.139. The number of sulfonamides is 1. The van der Waals surface area contributed by atoms with Crippen molar-refractivity contribution in [2.75, 3.05) is 0 Å². The van der Waals surface area contributed by atoms with E-state index < -0.39 is 26.7 Å². The number of nitrogens with zero attached hydrogens (tertiary/aromatic N) is 1. The van der Waals surface area contributed by atoms with Gasteiger partial charge in [0, 0.05) is 24.0 Å². The zero-order valence-electron chi connectivity index (χ0n) is 10.9. The fraction of sp³-hybridized carbons (Fsp3) is 0.154. The molecule has 0 unspecified atom stereocenters. The molecule has 1 heterocycles. The van der Waals surface area contributed by atoms with Gasteiger partial charge in [0.15, 0.2) is 0 Å². The van der Waals surface area contributed by atoms with Crippen molar-refractivity contribution in [1.29, 1.82) is 0 Å². The number of alkyl halides is 3. The number of halogens is 4. The van der Waals surface area contributed by atoms with Crippen molar-refractivity contribution < 1.29 is 21.6 Å². The standard InChI is InChI=1S/C13H10ClF3N2O2S/c14-10-3-4-12(11(6-10)13(15,16)17)22(20,21)19-8-9-2-1-5-18-7-9/h1-7,19H,8H2. The second kappa shape index (κ2) is 6.23. The zero-order chi connectivity index (χ0) is 16.4. The van der Waals surface area contributed by atoms with E-state index in [2.05, 4.69) is 9.71 Å². The molecular weight excluding hydrogens is 341 g/mol. The van der Waals surface area contributed by atoms with Crippen molar-refractivity contribution in [3.05, 3.63) is 58.9 Å². The molecule has 0 aliphatic carbocycles. The van der Waals surface area contributed by atoms with E-state index in [0.717, 1.165) is 12.1 Å². The molecule has 0 aliphatic heterocycles. The Balaban J connectivity index is 2.34. The van der Waals surface area contributed by atoms with Crippen LogP contribution >= 0.6 is 11.6 Å². The summed E-state index contributed by atoms with van der Waals surface area (Å²) in [7, 11) is -4.35. The summed E-state index contributed by atoms with van der Waals surface area (Å²) in [5.74, 6) is 0. The minimum absolute atomic E-state index is 0.171. The Kier molecular flexibility index (Phi) is 4.74. The lowest BCUT2D eigenvalue weighted by Gasteiger charge is -2.14. The molecule has 0 saturated heterocycles. The van der Waals surface area contributed by atoms with Crippen molar-refractivity contribution in [1.82, 2.24) is 9.71 Å². The third-order valence-corrected chi connectivity index (χ3v) is 4.42. The van der Waals surface area contributed by atoms with Crippen LogP contribution in [0.25, 0.3) is 0 Å². The van der Waals surface area contributed by atoms with Gasteiger partial charge in [-0.3, -0.25) is 4.98 Å². The first kappa shape index (κ1) is 16.7. The highest BCUT2D eigenvalue weighted by molar-refractivity contribution is 7.89. The van der Waals surface area contributed by atoms with Gasteiger partial charge in [0.2, 0.25) is 10.0 Å². The van der Waals surface area contributed by atoms with Crippen LogP contribution in [0.5, 0.6) is 0 Å². The van der Waals surface area contributed by atoms with Gasteiger partial charge < -0.3 is 0 Å². The molecule has 0 radical (unpaired) electrons. The lowest BCUT2D eigenvalue weighted by atomic mass is 10.2. The fourth-order valence-electron chi connectivity index (χ4n) is 1.72. The number of nitrogens with one attached hydrogen (secondary N) is 1. The third kappa shape index (κ3) is 3.96.